The summed E-state index contributed by atoms with van der Waals surface area (Å²) in [6, 6.07) is 9.38. The maximum Gasteiger partial charge on any atom is 0.374 e. The normalized spacial score (nSPS) is 32.3. The lowest BCUT2D eigenvalue weighted by molar-refractivity contribution is -0.178. The quantitative estimate of drug-likeness (QED) is 0.768. The van der Waals surface area contributed by atoms with Gasteiger partial charge in [0.25, 0.3) is 0 Å². The van der Waals surface area contributed by atoms with Crippen LogP contribution in [0.2, 0.25) is 0 Å². The Kier molecular flexibility index (Phi) is 2.12. The van der Waals surface area contributed by atoms with E-state index in [0.717, 1.165) is 23.3 Å². The van der Waals surface area contributed by atoms with Crippen LogP contribution in [0.5, 0.6) is 0 Å². The van der Waals surface area contributed by atoms with Crippen LogP contribution in [-0.2, 0) is 4.74 Å². The van der Waals surface area contributed by atoms with Crippen molar-refractivity contribution in [3.63, 3.8) is 0 Å². The van der Waals surface area contributed by atoms with Crippen molar-refractivity contribution in [3.05, 3.63) is 36.1 Å². The number of ether oxygens (including phenoxy) is 1. The van der Waals surface area contributed by atoms with E-state index in [9.17, 15) is 4.79 Å². The molecule has 0 saturated heterocycles. The van der Waals surface area contributed by atoms with E-state index < -0.39 is 0 Å². The SMILES string of the molecule is CC12CCC1CC2OC(=O)c1cc2ccccc2o1. The van der Waals surface area contributed by atoms with Crippen molar-refractivity contribution in [1.29, 1.82) is 0 Å². The number of benzene rings is 1. The molecule has 0 N–H and O–H groups in total. The minimum absolute atomic E-state index is 0.0759. The highest BCUT2D eigenvalue weighted by molar-refractivity contribution is 5.92. The maximum absolute atomic E-state index is 12.1. The minimum atomic E-state index is -0.326. The maximum atomic E-state index is 12.1. The van der Waals surface area contributed by atoms with E-state index in [-0.39, 0.29) is 17.5 Å². The summed E-state index contributed by atoms with van der Waals surface area (Å²) >= 11 is 0. The van der Waals surface area contributed by atoms with Crippen LogP contribution in [0.4, 0.5) is 0 Å². The smallest absolute Gasteiger partial charge is 0.374 e. The number of carbonyl (C=O) groups is 1. The molecule has 2 aromatic rings. The lowest BCUT2D eigenvalue weighted by Crippen LogP contribution is -2.59. The molecule has 1 heterocycles. The summed E-state index contributed by atoms with van der Waals surface area (Å²) in [7, 11) is 0. The van der Waals surface area contributed by atoms with Crippen LogP contribution < -0.4 is 0 Å². The third-order valence-corrected chi connectivity index (χ3v) is 5.07. The molecular weight excluding hydrogens is 240 g/mol. The number of para-hydroxylation sites is 1. The summed E-state index contributed by atoms with van der Waals surface area (Å²) < 4.78 is 11.1. The number of hydrogen-bond acceptors (Lipinski definition) is 3. The molecule has 2 aliphatic carbocycles. The van der Waals surface area contributed by atoms with Gasteiger partial charge in [-0.05, 0) is 37.3 Å². The van der Waals surface area contributed by atoms with Crippen LogP contribution in [0.3, 0.4) is 0 Å². The fourth-order valence-corrected chi connectivity index (χ4v) is 3.43. The monoisotopic (exact) mass is 256 g/mol. The Morgan fingerprint density at radius 3 is 2.89 bits per heavy atom. The fourth-order valence-electron chi connectivity index (χ4n) is 3.43. The van der Waals surface area contributed by atoms with Crippen molar-refractivity contribution in [1.82, 2.24) is 0 Å². The van der Waals surface area contributed by atoms with Crippen molar-refractivity contribution in [2.75, 3.05) is 0 Å². The van der Waals surface area contributed by atoms with Gasteiger partial charge in [0, 0.05) is 10.8 Å². The van der Waals surface area contributed by atoms with Gasteiger partial charge in [-0.2, -0.15) is 0 Å². The van der Waals surface area contributed by atoms with Crippen molar-refractivity contribution in [2.45, 2.75) is 32.3 Å². The second-order valence-corrected chi connectivity index (χ2v) is 6.02. The van der Waals surface area contributed by atoms with E-state index >= 15 is 0 Å². The molecule has 0 amide bonds. The van der Waals surface area contributed by atoms with Gasteiger partial charge in [-0.3, -0.25) is 0 Å². The summed E-state index contributed by atoms with van der Waals surface area (Å²) in [6.45, 7) is 2.22. The first-order chi connectivity index (χ1) is 9.17. The topological polar surface area (TPSA) is 39.4 Å². The average molecular weight is 256 g/mol. The van der Waals surface area contributed by atoms with Crippen molar-refractivity contribution < 1.29 is 13.9 Å². The molecule has 1 aromatic heterocycles. The molecule has 2 aliphatic rings. The number of carbonyl (C=O) groups excluding carboxylic acids is 1. The molecule has 2 fully saturated rings. The third-order valence-electron chi connectivity index (χ3n) is 5.07. The van der Waals surface area contributed by atoms with Gasteiger partial charge in [-0.1, -0.05) is 25.1 Å². The molecule has 0 aliphatic heterocycles. The van der Waals surface area contributed by atoms with Gasteiger partial charge in [0.1, 0.15) is 11.7 Å². The number of fused-ring (bicyclic) bond motifs is 2. The highest BCUT2D eigenvalue weighted by Gasteiger charge is 2.59. The average Bonchev–Trinajstić information content (AvgIpc) is 2.85. The molecule has 0 bridgehead atoms. The zero-order valence-electron chi connectivity index (χ0n) is 10.9. The Morgan fingerprint density at radius 1 is 1.42 bits per heavy atom. The predicted molar refractivity (Wildman–Crippen MR) is 70.9 cm³/mol. The van der Waals surface area contributed by atoms with Crippen LogP contribution in [0, 0.1) is 11.3 Å². The lowest BCUT2D eigenvalue weighted by Gasteiger charge is -2.61. The van der Waals surface area contributed by atoms with E-state index in [0.29, 0.717) is 5.76 Å². The molecule has 3 heteroatoms. The molecule has 4 rings (SSSR count). The Bertz CT molecular complexity index is 624. The Labute approximate surface area is 111 Å². The highest BCUT2D eigenvalue weighted by Crippen LogP contribution is 2.61. The molecule has 3 unspecified atom stereocenters. The van der Waals surface area contributed by atoms with Gasteiger partial charge >= 0.3 is 5.97 Å². The standard InChI is InChI=1S/C16H16O3/c1-16-7-6-11(16)9-14(16)19-15(17)13-8-10-4-2-3-5-12(10)18-13/h2-5,8,11,14H,6-7,9H2,1H3. The summed E-state index contributed by atoms with van der Waals surface area (Å²) in [5.74, 6) is 0.751. The second kappa shape index (κ2) is 3.62. The van der Waals surface area contributed by atoms with Crippen molar-refractivity contribution >= 4 is 16.9 Å². The van der Waals surface area contributed by atoms with Crippen molar-refractivity contribution in [2.24, 2.45) is 11.3 Å². The second-order valence-electron chi connectivity index (χ2n) is 6.02. The van der Waals surface area contributed by atoms with Gasteiger partial charge in [-0.15, -0.1) is 0 Å². The van der Waals surface area contributed by atoms with Crippen LogP contribution in [0.25, 0.3) is 11.0 Å². The minimum Gasteiger partial charge on any atom is -0.456 e. The van der Waals surface area contributed by atoms with Crippen LogP contribution in [0.15, 0.2) is 34.7 Å². The van der Waals surface area contributed by atoms with Crippen molar-refractivity contribution in [3.8, 4) is 0 Å². The Hall–Kier alpha value is -1.77. The molecule has 3 nitrogen and oxygen atoms in total. The first-order valence-corrected chi connectivity index (χ1v) is 6.86. The largest absolute Gasteiger partial charge is 0.456 e. The van der Waals surface area contributed by atoms with Gasteiger partial charge in [0.15, 0.2) is 0 Å². The van der Waals surface area contributed by atoms with E-state index in [1.54, 1.807) is 6.07 Å². The third kappa shape index (κ3) is 1.47. The molecule has 3 atom stereocenters. The molecule has 0 spiro atoms. The van der Waals surface area contributed by atoms with Gasteiger partial charge < -0.3 is 9.15 Å². The first kappa shape index (κ1) is 11.1. The number of esters is 1. The summed E-state index contributed by atoms with van der Waals surface area (Å²) in [5, 5.41) is 0.941. The molecule has 0 radical (unpaired) electrons. The van der Waals surface area contributed by atoms with Crippen LogP contribution in [-0.4, -0.2) is 12.1 Å². The zero-order chi connectivity index (χ0) is 13.0. The lowest BCUT2D eigenvalue weighted by atomic mass is 9.47. The van der Waals surface area contributed by atoms with E-state index in [1.807, 2.05) is 24.3 Å². The number of rotatable bonds is 2. The predicted octanol–water partition coefficient (Wildman–Crippen LogP) is 3.78. The molecule has 19 heavy (non-hydrogen) atoms. The number of hydrogen-bond donors (Lipinski definition) is 0. The Morgan fingerprint density at radius 2 is 2.26 bits per heavy atom. The summed E-state index contributed by atoms with van der Waals surface area (Å²) in [5.41, 5.74) is 0.970. The highest BCUT2D eigenvalue weighted by atomic mass is 16.6. The van der Waals surface area contributed by atoms with Gasteiger partial charge in [0.05, 0.1) is 0 Å². The number of furan rings is 1. The van der Waals surface area contributed by atoms with Crippen LogP contribution >= 0.6 is 0 Å². The summed E-state index contributed by atoms with van der Waals surface area (Å²) in [6.07, 6.45) is 3.56. The van der Waals surface area contributed by atoms with Gasteiger partial charge in [-0.25, -0.2) is 4.79 Å². The van der Waals surface area contributed by atoms with Gasteiger partial charge in [0.2, 0.25) is 5.76 Å². The molecule has 1 aromatic carbocycles. The Balaban J connectivity index is 1.54. The van der Waals surface area contributed by atoms with E-state index in [1.165, 1.54) is 12.8 Å². The molecule has 2 saturated carbocycles. The van der Waals surface area contributed by atoms with E-state index in [2.05, 4.69) is 6.92 Å². The molecule has 98 valence electrons. The fraction of sp³-hybridized carbons (Fsp3) is 0.438. The van der Waals surface area contributed by atoms with Crippen LogP contribution in [0.1, 0.15) is 36.7 Å². The van der Waals surface area contributed by atoms with E-state index in [4.69, 9.17) is 9.15 Å². The summed E-state index contributed by atoms with van der Waals surface area (Å²) in [4.78, 5) is 12.1. The molecular formula is C16H16O3. The first-order valence-electron chi connectivity index (χ1n) is 6.86. The zero-order valence-corrected chi connectivity index (χ0v) is 10.9.